The Bertz CT molecular complexity index is 965. The highest BCUT2D eigenvalue weighted by atomic mass is 14.6. The molecule has 0 N–H and O–H groups in total. The Morgan fingerprint density at radius 3 is 2.10 bits per heavy atom. The van der Waals surface area contributed by atoms with Gasteiger partial charge in [0.25, 0.3) is 0 Å². The van der Waals surface area contributed by atoms with Gasteiger partial charge in [0.1, 0.15) is 0 Å². The summed E-state index contributed by atoms with van der Waals surface area (Å²) >= 11 is 0. The maximum atomic E-state index is 2.44. The number of fused-ring (bicyclic) bond motifs is 2. The van der Waals surface area contributed by atoms with Crippen molar-refractivity contribution in [1.82, 2.24) is 0 Å². The molecular weight excluding hydrogens is 360 g/mol. The van der Waals surface area contributed by atoms with Crippen LogP contribution in [0.3, 0.4) is 0 Å². The van der Waals surface area contributed by atoms with Gasteiger partial charge in [-0.2, -0.15) is 0 Å². The van der Waals surface area contributed by atoms with Crippen LogP contribution in [0.2, 0.25) is 0 Å². The summed E-state index contributed by atoms with van der Waals surface area (Å²) in [4.78, 5) is 0. The SMILES string of the molecule is C/C=C\C1=C(CC)C(=C/CC)/C(=C\C)C12C(=C(C)C)/C(=C\C)c1ccccc12.CC. The van der Waals surface area contributed by atoms with Crippen molar-refractivity contribution in [2.75, 3.05) is 0 Å². The molecule has 3 rings (SSSR count). The van der Waals surface area contributed by atoms with Crippen LogP contribution in [0, 0.1) is 0 Å². The third-order valence-corrected chi connectivity index (χ3v) is 6.19. The second-order valence-corrected chi connectivity index (χ2v) is 7.85. The molecule has 0 fully saturated rings. The predicted octanol–water partition coefficient (Wildman–Crippen LogP) is 9.28. The highest BCUT2D eigenvalue weighted by molar-refractivity contribution is 5.97. The minimum Gasteiger partial charge on any atom is -0.0873 e. The molecular formula is C30H40. The molecule has 1 spiro atoms. The third-order valence-electron chi connectivity index (χ3n) is 6.19. The lowest BCUT2D eigenvalue weighted by molar-refractivity contribution is 0.769. The lowest BCUT2D eigenvalue weighted by Crippen LogP contribution is -2.28. The zero-order valence-corrected chi connectivity index (χ0v) is 20.6. The molecule has 2 aliphatic rings. The van der Waals surface area contributed by atoms with Gasteiger partial charge in [0.2, 0.25) is 0 Å². The minimum atomic E-state index is -0.190. The van der Waals surface area contributed by atoms with Gasteiger partial charge >= 0.3 is 0 Å². The van der Waals surface area contributed by atoms with Crippen LogP contribution in [-0.2, 0) is 5.41 Å². The van der Waals surface area contributed by atoms with E-state index in [1.807, 2.05) is 13.8 Å². The molecule has 2 aliphatic carbocycles. The number of benzene rings is 1. The van der Waals surface area contributed by atoms with E-state index in [0.717, 1.165) is 12.8 Å². The summed E-state index contributed by atoms with van der Waals surface area (Å²) in [6.07, 6.45) is 13.8. The molecule has 1 unspecified atom stereocenters. The molecule has 1 atom stereocenters. The lowest BCUT2D eigenvalue weighted by atomic mass is 9.67. The molecule has 160 valence electrons. The molecule has 1 aromatic carbocycles. The van der Waals surface area contributed by atoms with Crippen molar-refractivity contribution >= 4 is 5.57 Å². The Balaban J connectivity index is 0.00000155. The topological polar surface area (TPSA) is 0 Å². The molecule has 0 saturated carbocycles. The maximum absolute atomic E-state index is 2.44. The van der Waals surface area contributed by atoms with E-state index < -0.39 is 0 Å². The molecule has 0 radical (unpaired) electrons. The fourth-order valence-electron chi connectivity index (χ4n) is 5.48. The smallest absolute Gasteiger partial charge is 0.0718 e. The van der Waals surface area contributed by atoms with Crippen molar-refractivity contribution in [3.8, 4) is 0 Å². The first-order valence-corrected chi connectivity index (χ1v) is 11.7. The molecule has 0 heteroatoms. The predicted molar refractivity (Wildman–Crippen MR) is 136 cm³/mol. The van der Waals surface area contributed by atoms with Crippen LogP contribution in [0.5, 0.6) is 0 Å². The Labute approximate surface area is 185 Å². The normalized spacial score (nSPS) is 24.4. The van der Waals surface area contributed by atoms with Crippen LogP contribution in [0.1, 0.15) is 86.3 Å². The van der Waals surface area contributed by atoms with E-state index in [2.05, 4.69) is 103 Å². The van der Waals surface area contributed by atoms with Gasteiger partial charge in [-0.25, -0.2) is 0 Å². The van der Waals surface area contributed by atoms with Crippen LogP contribution in [-0.4, -0.2) is 0 Å². The zero-order chi connectivity index (χ0) is 22.5. The lowest BCUT2D eigenvalue weighted by Gasteiger charge is -2.33. The Hall–Kier alpha value is -2.34. The number of allylic oxidation sites excluding steroid dienone is 12. The fourth-order valence-corrected chi connectivity index (χ4v) is 5.48. The molecule has 0 aromatic heterocycles. The second kappa shape index (κ2) is 10.1. The van der Waals surface area contributed by atoms with Crippen LogP contribution in [0.25, 0.3) is 5.57 Å². The van der Waals surface area contributed by atoms with Gasteiger partial charge in [-0.05, 0) is 92.0 Å². The first kappa shape index (κ1) is 23.9. The Morgan fingerprint density at radius 1 is 0.933 bits per heavy atom. The van der Waals surface area contributed by atoms with E-state index in [0.29, 0.717) is 0 Å². The van der Waals surface area contributed by atoms with Crippen molar-refractivity contribution in [3.63, 3.8) is 0 Å². The van der Waals surface area contributed by atoms with Crippen molar-refractivity contribution in [3.05, 3.63) is 99.2 Å². The summed E-state index contributed by atoms with van der Waals surface area (Å²) in [6, 6.07) is 9.03. The summed E-state index contributed by atoms with van der Waals surface area (Å²) in [7, 11) is 0. The van der Waals surface area contributed by atoms with Crippen molar-refractivity contribution in [1.29, 1.82) is 0 Å². The van der Waals surface area contributed by atoms with E-state index in [1.165, 1.54) is 50.1 Å². The molecule has 0 heterocycles. The van der Waals surface area contributed by atoms with Crippen molar-refractivity contribution in [2.24, 2.45) is 0 Å². The summed E-state index contributed by atoms with van der Waals surface area (Å²) in [5.41, 5.74) is 12.8. The quantitative estimate of drug-likeness (QED) is 0.474. The van der Waals surface area contributed by atoms with Crippen LogP contribution >= 0.6 is 0 Å². The Kier molecular flexibility index (Phi) is 8.07. The summed E-state index contributed by atoms with van der Waals surface area (Å²) in [5, 5.41) is 0. The summed E-state index contributed by atoms with van der Waals surface area (Å²) < 4.78 is 0. The molecule has 1 aromatic rings. The van der Waals surface area contributed by atoms with Gasteiger partial charge in [0.15, 0.2) is 0 Å². The average Bonchev–Trinajstić information content (AvgIpc) is 3.20. The fraction of sp³-hybridized carbons (Fsp3) is 0.400. The highest BCUT2D eigenvalue weighted by Crippen LogP contribution is 2.65. The Morgan fingerprint density at radius 2 is 1.60 bits per heavy atom. The van der Waals surface area contributed by atoms with E-state index in [4.69, 9.17) is 0 Å². The number of hydrogen-bond donors (Lipinski definition) is 0. The van der Waals surface area contributed by atoms with Gasteiger partial charge in [-0.1, -0.05) is 87.9 Å². The molecule has 0 nitrogen and oxygen atoms in total. The maximum Gasteiger partial charge on any atom is 0.0718 e. The van der Waals surface area contributed by atoms with E-state index in [9.17, 15) is 0 Å². The average molecular weight is 401 g/mol. The molecule has 0 saturated heterocycles. The summed E-state index contributed by atoms with van der Waals surface area (Å²) in [6.45, 7) is 19.6. The summed E-state index contributed by atoms with van der Waals surface area (Å²) in [5.74, 6) is 0. The highest BCUT2D eigenvalue weighted by Gasteiger charge is 2.54. The molecule has 0 aliphatic heterocycles. The minimum absolute atomic E-state index is 0.190. The van der Waals surface area contributed by atoms with Gasteiger partial charge in [-0.15, -0.1) is 0 Å². The van der Waals surface area contributed by atoms with Gasteiger partial charge in [0.05, 0.1) is 5.41 Å². The monoisotopic (exact) mass is 400 g/mol. The van der Waals surface area contributed by atoms with E-state index in [1.54, 1.807) is 0 Å². The first-order valence-electron chi connectivity index (χ1n) is 11.7. The number of hydrogen-bond acceptors (Lipinski definition) is 0. The largest absolute Gasteiger partial charge is 0.0873 e. The van der Waals surface area contributed by atoms with Crippen LogP contribution in [0.15, 0.2) is 88.1 Å². The van der Waals surface area contributed by atoms with Gasteiger partial charge in [-0.3, -0.25) is 0 Å². The number of rotatable bonds is 3. The molecule has 0 amide bonds. The second-order valence-electron chi connectivity index (χ2n) is 7.85. The molecule has 30 heavy (non-hydrogen) atoms. The molecule has 0 bridgehead atoms. The van der Waals surface area contributed by atoms with Crippen LogP contribution < -0.4 is 0 Å². The van der Waals surface area contributed by atoms with Crippen molar-refractivity contribution in [2.45, 2.75) is 80.6 Å². The van der Waals surface area contributed by atoms with E-state index in [-0.39, 0.29) is 5.41 Å². The third kappa shape index (κ3) is 3.31. The first-order chi connectivity index (χ1) is 14.5. The van der Waals surface area contributed by atoms with Gasteiger partial charge in [0, 0.05) is 0 Å². The zero-order valence-electron chi connectivity index (χ0n) is 20.6. The van der Waals surface area contributed by atoms with Crippen LogP contribution in [0.4, 0.5) is 0 Å². The van der Waals surface area contributed by atoms with Crippen molar-refractivity contribution < 1.29 is 0 Å². The van der Waals surface area contributed by atoms with E-state index >= 15 is 0 Å². The standard InChI is InChI=1S/C28H34.C2H6/c1-8-15-22-20(10-3)25(16-9-2)28(24(22)12-5)26-18-14-13-17-23(26)21(11-4)27(28)19(6)7;1-2/h9,11-18H,8,10H2,1-7H3;1-2H3/b16-9-,21-11-,22-15-,24-12+;. The van der Waals surface area contributed by atoms with Gasteiger partial charge < -0.3 is 0 Å².